The topological polar surface area (TPSA) is 154 Å². The number of carbonyl (C=O) groups is 4. The Morgan fingerprint density at radius 1 is 0.966 bits per heavy atom. The van der Waals surface area contributed by atoms with Gasteiger partial charge in [0.15, 0.2) is 11.4 Å². The summed E-state index contributed by atoms with van der Waals surface area (Å²) in [7, 11) is 2.42. The number of methoxy groups -OCH3 is 1. The van der Waals surface area contributed by atoms with Gasteiger partial charge in [0.05, 0.1) is 6.54 Å². The summed E-state index contributed by atoms with van der Waals surface area (Å²) >= 11 is 0. The number of hydrazine groups is 1. The molecule has 0 heterocycles. The molecule has 0 fully saturated rings. The number of hydrogen-bond acceptors (Lipinski definition) is 9. The minimum atomic E-state index is -2.88. The number of carbonyl (C=O) groups excluding carboxylic acids is 4. The second-order valence-corrected chi connectivity index (χ2v) is 7.33. The Balaban J connectivity index is 6.27. The molecule has 11 heteroatoms. The summed E-state index contributed by atoms with van der Waals surface area (Å²) < 4.78 is 9.91. The van der Waals surface area contributed by atoms with Gasteiger partial charge in [-0.2, -0.15) is 0 Å². The predicted molar refractivity (Wildman–Crippen MR) is 100 cm³/mol. The van der Waals surface area contributed by atoms with Gasteiger partial charge >= 0.3 is 5.97 Å². The van der Waals surface area contributed by atoms with Crippen LogP contribution < -0.4 is 0 Å². The monoisotopic (exact) mass is 420 g/mol. The fourth-order valence-electron chi connectivity index (χ4n) is 3.17. The minimum Gasteiger partial charge on any atom is -0.463 e. The highest BCUT2D eigenvalue weighted by atomic mass is 16.6. The third-order valence-corrected chi connectivity index (χ3v) is 5.01. The molecule has 0 rings (SSSR count). The van der Waals surface area contributed by atoms with E-state index >= 15 is 0 Å². The summed E-state index contributed by atoms with van der Waals surface area (Å²) in [5.74, 6) is -2.92. The van der Waals surface area contributed by atoms with Gasteiger partial charge in [-0.25, -0.2) is 5.01 Å². The number of amides is 2. The zero-order valence-corrected chi connectivity index (χ0v) is 18.2. The Labute approximate surface area is 170 Å². The highest BCUT2D eigenvalue weighted by Gasteiger charge is 2.65. The van der Waals surface area contributed by atoms with Crippen molar-refractivity contribution in [3.63, 3.8) is 0 Å². The zero-order valence-electron chi connectivity index (χ0n) is 18.2. The molecule has 168 valence electrons. The summed E-state index contributed by atoms with van der Waals surface area (Å²) in [6.45, 7) is 5.20. The zero-order chi connectivity index (χ0) is 23.4. The molecule has 29 heavy (non-hydrogen) atoms. The number of esters is 1. The maximum Gasteiger partial charge on any atom is 0.302 e. The quantitative estimate of drug-likeness (QED) is 0.303. The second kappa shape index (κ2) is 9.61. The van der Waals surface area contributed by atoms with Crippen molar-refractivity contribution < 1.29 is 44.0 Å². The number of nitrogens with zero attached hydrogens (tertiary/aromatic N) is 2. The number of aliphatic hydroxyl groups is 3. The number of Topliss-reactive ketones (excluding diaryl/α,β-unsaturated/α-hetero) is 1. The summed E-state index contributed by atoms with van der Waals surface area (Å²) in [5.41, 5.74) is -7.80. The minimum absolute atomic E-state index is 0.520. The van der Waals surface area contributed by atoms with Gasteiger partial charge in [0, 0.05) is 34.9 Å². The van der Waals surface area contributed by atoms with Gasteiger partial charge in [0.2, 0.25) is 11.8 Å². The first-order valence-electron chi connectivity index (χ1n) is 8.84. The van der Waals surface area contributed by atoms with Crippen molar-refractivity contribution in [2.45, 2.75) is 64.4 Å². The third kappa shape index (κ3) is 5.50. The Morgan fingerprint density at radius 3 is 1.76 bits per heavy atom. The molecule has 3 N–H and O–H groups in total. The Hall–Kier alpha value is -2.08. The number of rotatable bonds is 9. The molecule has 0 saturated heterocycles. The van der Waals surface area contributed by atoms with Crippen molar-refractivity contribution in [3.05, 3.63) is 0 Å². The first-order valence-corrected chi connectivity index (χ1v) is 8.84. The summed E-state index contributed by atoms with van der Waals surface area (Å²) in [6.07, 6.45) is -1.41. The van der Waals surface area contributed by atoms with Crippen LogP contribution in [0.25, 0.3) is 0 Å². The fourth-order valence-corrected chi connectivity index (χ4v) is 3.17. The van der Waals surface area contributed by atoms with E-state index in [2.05, 4.69) is 0 Å². The third-order valence-electron chi connectivity index (χ3n) is 5.01. The average Bonchev–Trinajstić information content (AvgIpc) is 2.57. The van der Waals surface area contributed by atoms with Gasteiger partial charge in [0.25, 0.3) is 0 Å². The Bertz CT molecular complexity index is 647. The summed E-state index contributed by atoms with van der Waals surface area (Å²) in [4.78, 5) is 47.2. The van der Waals surface area contributed by atoms with E-state index in [9.17, 15) is 34.5 Å². The molecule has 0 saturated carbocycles. The molecule has 0 aliphatic carbocycles. The molecule has 0 radical (unpaired) electrons. The van der Waals surface area contributed by atoms with E-state index in [4.69, 9.17) is 9.47 Å². The molecule has 0 aliphatic heterocycles. The van der Waals surface area contributed by atoms with Crippen LogP contribution >= 0.6 is 0 Å². The normalized spacial score (nSPS) is 18.4. The summed E-state index contributed by atoms with van der Waals surface area (Å²) in [6, 6.07) is 0. The maximum atomic E-state index is 12.5. The molecule has 0 aliphatic rings. The second-order valence-electron chi connectivity index (χ2n) is 7.33. The fraction of sp³-hybridized carbons (Fsp3) is 0.778. The van der Waals surface area contributed by atoms with Crippen molar-refractivity contribution in [1.82, 2.24) is 10.0 Å². The van der Waals surface area contributed by atoms with Gasteiger partial charge in [0.1, 0.15) is 23.9 Å². The predicted octanol–water partition coefficient (Wildman–Crippen LogP) is -1.37. The van der Waals surface area contributed by atoms with E-state index < -0.39 is 59.6 Å². The molecule has 0 spiro atoms. The van der Waals surface area contributed by atoms with Gasteiger partial charge in [-0.05, 0) is 20.8 Å². The van der Waals surface area contributed by atoms with Crippen LogP contribution in [0.2, 0.25) is 0 Å². The smallest absolute Gasteiger partial charge is 0.302 e. The first-order chi connectivity index (χ1) is 13.0. The largest absolute Gasteiger partial charge is 0.463 e. The standard InChI is InChI=1S/C18H32N2O9/c1-11(21)18(27,17(6,26)15(28-8)9-29-14(4)24)16(5,25)10-20(13(3)23)19(7)12(2)22/h15,25-27H,9-10H2,1-8H3/t15-,16-,17-,18-/m1/s1. The molecule has 0 aromatic carbocycles. The van der Waals surface area contributed by atoms with Crippen LogP contribution in [0.15, 0.2) is 0 Å². The molecule has 4 atom stereocenters. The lowest BCUT2D eigenvalue weighted by Gasteiger charge is -2.51. The van der Waals surface area contributed by atoms with E-state index in [-0.39, 0.29) is 0 Å². The molecule has 11 nitrogen and oxygen atoms in total. The van der Waals surface area contributed by atoms with Crippen LogP contribution in [0.4, 0.5) is 0 Å². The molecule has 0 aromatic heterocycles. The van der Waals surface area contributed by atoms with Crippen LogP contribution in [0.5, 0.6) is 0 Å². The highest BCUT2D eigenvalue weighted by Crippen LogP contribution is 2.38. The van der Waals surface area contributed by atoms with Crippen molar-refractivity contribution in [2.75, 3.05) is 27.3 Å². The number of hydrogen-bond donors (Lipinski definition) is 3. The van der Waals surface area contributed by atoms with E-state index in [0.29, 0.717) is 0 Å². The summed E-state index contributed by atoms with van der Waals surface area (Å²) in [5, 5.41) is 35.1. The van der Waals surface area contributed by atoms with Crippen LogP contribution in [0.1, 0.15) is 41.5 Å². The van der Waals surface area contributed by atoms with E-state index in [1.54, 1.807) is 0 Å². The van der Waals surface area contributed by atoms with Crippen LogP contribution in [-0.4, -0.2) is 99.1 Å². The van der Waals surface area contributed by atoms with Crippen LogP contribution in [0.3, 0.4) is 0 Å². The molecule has 0 aromatic rings. The molecule has 0 bridgehead atoms. The van der Waals surface area contributed by atoms with Crippen molar-refractivity contribution >= 4 is 23.6 Å². The SMILES string of the molecule is CO[C@H](COC(C)=O)[C@@](C)(O)[C@@](O)(C(C)=O)[C@](C)(O)CN(C(C)=O)N(C)C(C)=O. The Morgan fingerprint density at radius 2 is 1.45 bits per heavy atom. The molecule has 0 unspecified atom stereocenters. The van der Waals surface area contributed by atoms with Crippen molar-refractivity contribution in [1.29, 1.82) is 0 Å². The van der Waals surface area contributed by atoms with Gasteiger partial charge in [-0.3, -0.25) is 24.2 Å². The van der Waals surface area contributed by atoms with E-state index in [1.165, 1.54) is 14.0 Å². The lowest BCUT2D eigenvalue weighted by atomic mass is 9.67. The van der Waals surface area contributed by atoms with E-state index in [0.717, 1.165) is 51.7 Å². The lowest BCUT2D eigenvalue weighted by molar-refractivity contribution is -0.264. The van der Waals surface area contributed by atoms with Gasteiger partial charge in [-0.15, -0.1) is 0 Å². The molecular formula is C18H32N2O9. The Kier molecular flexibility index (Phi) is 8.92. The van der Waals surface area contributed by atoms with Crippen molar-refractivity contribution in [2.24, 2.45) is 0 Å². The van der Waals surface area contributed by atoms with Crippen LogP contribution in [-0.2, 0) is 28.7 Å². The van der Waals surface area contributed by atoms with Gasteiger partial charge < -0.3 is 24.8 Å². The lowest BCUT2D eigenvalue weighted by Crippen LogP contribution is -2.76. The first kappa shape index (κ1) is 26.9. The van der Waals surface area contributed by atoms with Crippen LogP contribution in [0, 0.1) is 0 Å². The average molecular weight is 420 g/mol. The number of ether oxygens (including phenoxy) is 2. The van der Waals surface area contributed by atoms with E-state index in [1.807, 2.05) is 0 Å². The maximum absolute atomic E-state index is 12.5. The van der Waals surface area contributed by atoms with Crippen molar-refractivity contribution in [3.8, 4) is 0 Å². The van der Waals surface area contributed by atoms with Gasteiger partial charge in [-0.1, -0.05) is 0 Å². The molecule has 2 amide bonds. The number of ketones is 1. The highest BCUT2D eigenvalue weighted by molar-refractivity contribution is 5.88. The molecular weight excluding hydrogens is 388 g/mol.